The van der Waals surface area contributed by atoms with Gasteiger partial charge < -0.3 is 10.7 Å². The Morgan fingerprint density at radius 3 is 2.37 bits per heavy atom. The molecule has 0 bridgehead atoms. The van der Waals surface area contributed by atoms with Crippen LogP contribution in [-0.2, 0) is 12.7 Å². The quantitative estimate of drug-likeness (QED) is 0.400. The van der Waals surface area contributed by atoms with Crippen molar-refractivity contribution in [3.8, 4) is 0 Å². The Balaban J connectivity index is 1.49. The Morgan fingerprint density at radius 1 is 0.926 bits per heavy atom. The minimum absolute atomic E-state index is 0.0621. The van der Waals surface area contributed by atoms with E-state index in [0.717, 1.165) is 28.4 Å². The molecule has 0 unspecified atom stereocenters. The molecule has 3 rings (SSSR count). The summed E-state index contributed by atoms with van der Waals surface area (Å²) in [5.74, 6) is -0.0621. The molecule has 1 heterocycles. The summed E-state index contributed by atoms with van der Waals surface area (Å²) in [6, 6.07) is 18.1. The third kappa shape index (κ3) is 5.87. The van der Waals surface area contributed by atoms with Gasteiger partial charge in [0, 0.05) is 23.3 Å². The Bertz CT molecular complexity index is 857. The number of anilines is 2. The average Bonchev–Trinajstić information content (AvgIpc) is 2.68. The second kappa shape index (κ2) is 8.74. The van der Waals surface area contributed by atoms with Gasteiger partial charge in [0.05, 0.1) is 0 Å². The molecule has 0 aliphatic carbocycles. The third-order valence-electron chi connectivity index (χ3n) is 3.46. The number of benzene rings is 2. The molecule has 3 aromatic rings. The van der Waals surface area contributed by atoms with Crippen LogP contribution in [-0.4, -0.2) is 9.97 Å². The normalized spacial score (nSPS) is 11.2. The van der Waals surface area contributed by atoms with E-state index < -0.39 is 11.9 Å². The molecule has 27 heavy (non-hydrogen) atoms. The molecule has 0 radical (unpaired) electrons. The molecule has 140 valence electrons. The lowest BCUT2D eigenvalue weighted by Crippen LogP contribution is -2.13. The first-order valence-electron chi connectivity index (χ1n) is 7.97. The molecule has 0 aliphatic heterocycles. The maximum Gasteiger partial charge on any atom is 0.433 e. The van der Waals surface area contributed by atoms with Gasteiger partial charge >= 0.3 is 6.18 Å². The minimum atomic E-state index is -4.49. The highest BCUT2D eigenvalue weighted by atomic mass is 32.2. The van der Waals surface area contributed by atoms with Crippen molar-refractivity contribution in [3.63, 3.8) is 0 Å². The minimum Gasteiger partial charge on any atom is -0.350 e. The van der Waals surface area contributed by atoms with Gasteiger partial charge in [0.1, 0.15) is 5.69 Å². The molecule has 5 nitrogen and oxygen atoms in total. The van der Waals surface area contributed by atoms with E-state index in [0.29, 0.717) is 6.54 Å². The fourth-order valence-corrected chi connectivity index (χ4v) is 2.70. The molecule has 0 saturated heterocycles. The predicted octanol–water partition coefficient (Wildman–Crippen LogP) is 4.73. The van der Waals surface area contributed by atoms with Crippen LogP contribution in [0.2, 0.25) is 0 Å². The Morgan fingerprint density at radius 2 is 1.67 bits per heavy atom. The number of alkyl halides is 3. The molecule has 3 N–H and O–H groups in total. The Hall–Kier alpha value is -2.78. The lowest BCUT2D eigenvalue weighted by molar-refractivity contribution is -0.141. The monoisotopic (exact) mass is 391 g/mol. The lowest BCUT2D eigenvalue weighted by atomic mass is 10.2. The second-order valence-electron chi connectivity index (χ2n) is 5.46. The molecule has 2 aromatic carbocycles. The number of halogens is 3. The summed E-state index contributed by atoms with van der Waals surface area (Å²) < 4.78 is 38.0. The van der Waals surface area contributed by atoms with Crippen molar-refractivity contribution in [1.29, 1.82) is 0 Å². The zero-order valence-corrected chi connectivity index (χ0v) is 14.8. The van der Waals surface area contributed by atoms with Gasteiger partial charge in [-0.2, -0.15) is 18.0 Å². The highest BCUT2D eigenvalue weighted by molar-refractivity contribution is 7.97. The molecule has 0 atom stereocenters. The number of aromatic nitrogens is 2. The molecule has 0 saturated carbocycles. The molecule has 1 aromatic heterocycles. The van der Waals surface area contributed by atoms with E-state index in [9.17, 15) is 13.2 Å². The van der Waals surface area contributed by atoms with Gasteiger partial charge in [-0.25, -0.2) is 9.97 Å². The first-order chi connectivity index (χ1) is 13.0. The number of hydrogen-bond acceptors (Lipinski definition) is 6. The molecular weight excluding hydrogens is 375 g/mol. The van der Waals surface area contributed by atoms with Gasteiger partial charge in [0.2, 0.25) is 5.95 Å². The molecule has 0 aliphatic rings. The number of nitrogens with zero attached hydrogens (tertiary/aromatic N) is 2. The summed E-state index contributed by atoms with van der Waals surface area (Å²) >= 11 is 1.45. The SMILES string of the molecule is FC(F)(F)c1ccnc(NCc2ccc(NNSc3ccccc3)cc2)n1. The van der Waals surface area contributed by atoms with E-state index in [2.05, 4.69) is 25.5 Å². The van der Waals surface area contributed by atoms with Crippen LogP contribution in [0.15, 0.2) is 71.8 Å². The maximum absolute atomic E-state index is 12.7. The predicted molar refractivity (Wildman–Crippen MR) is 99.9 cm³/mol. The number of hydrogen-bond donors (Lipinski definition) is 3. The smallest absolute Gasteiger partial charge is 0.350 e. The fourth-order valence-electron chi connectivity index (χ4n) is 2.12. The average molecular weight is 391 g/mol. The van der Waals surface area contributed by atoms with Crippen LogP contribution >= 0.6 is 11.9 Å². The molecule has 0 spiro atoms. The van der Waals surface area contributed by atoms with Crippen LogP contribution in [0.1, 0.15) is 11.3 Å². The van der Waals surface area contributed by atoms with Crippen molar-refractivity contribution in [2.24, 2.45) is 0 Å². The van der Waals surface area contributed by atoms with Crippen LogP contribution < -0.4 is 15.6 Å². The highest BCUT2D eigenvalue weighted by Crippen LogP contribution is 2.27. The van der Waals surface area contributed by atoms with Gasteiger partial charge in [-0.15, -0.1) is 0 Å². The van der Waals surface area contributed by atoms with Crippen LogP contribution in [0.4, 0.5) is 24.8 Å². The number of hydrazine groups is 1. The summed E-state index contributed by atoms with van der Waals surface area (Å²) in [5.41, 5.74) is 3.84. The van der Waals surface area contributed by atoms with Crippen molar-refractivity contribution < 1.29 is 13.2 Å². The van der Waals surface area contributed by atoms with Crippen molar-refractivity contribution in [3.05, 3.63) is 78.1 Å². The van der Waals surface area contributed by atoms with E-state index in [-0.39, 0.29) is 5.95 Å². The topological polar surface area (TPSA) is 61.9 Å². The van der Waals surface area contributed by atoms with Crippen LogP contribution in [0.25, 0.3) is 0 Å². The van der Waals surface area contributed by atoms with Gasteiger partial charge in [-0.3, -0.25) is 0 Å². The van der Waals surface area contributed by atoms with Gasteiger partial charge in [-0.05, 0) is 47.8 Å². The van der Waals surface area contributed by atoms with Crippen molar-refractivity contribution in [1.82, 2.24) is 14.8 Å². The zero-order valence-electron chi connectivity index (χ0n) is 14.0. The summed E-state index contributed by atoms with van der Waals surface area (Å²) in [5, 5.41) is 2.80. The van der Waals surface area contributed by atoms with Crippen molar-refractivity contribution >= 4 is 23.6 Å². The summed E-state index contributed by atoms with van der Waals surface area (Å²) in [6.45, 7) is 0.313. The van der Waals surface area contributed by atoms with E-state index in [1.807, 2.05) is 54.6 Å². The standard InChI is InChI=1S/C18H16F3N5S/c19-18(20,21)16-10-11-22-17(24-16)23-12-13-6-8-14(9-7-13)25-26-27-15-4-2-1-3-5-15/h1-11,25-26H,12H2,(H,22,23,24). The maximum atomic E-state index is 12.7. The fraction of sp³-hybridized carbons (Fsp3) is 0.111. The van der Waals surface area contributed by atoms with Gasteiger partial charge in [-0.1, -0.05) is 30.3 Å². The van der Waals surface area contributed by atoms with E-state index in [1.165, 1.54) is 11.9 Å². The van der Waals surface area contributed by atoms with Crippen LogP contribution in [0.3, 0.4) is 0 Å². The zero-order chi connectivity index (χ0) is 19.1. The summed E-state index contributed by atoms with van der Waals surface area (Å²) in [4.78, 5) is 11.4. The third-order valence-corrected chi connectivity index (χ3v) is 4.17. The summed E-state index contributed by atoms with van der Waals surface area (Å²) in [7, 11) is 0. The highest BCUT2D eigenvalue weighted by Gasteiger charge is 2.32. The van der Waals surface area contributed by atoms with Gasteiger partial charge in [0.25, 0.3) is 0 Å². The molecule has 0 amide bonds. The number of nitrogens with one attached hydrogen (secondary N) is 3. The number of rotatable bonds is 7. The van der Waals surface area contributed by atoms with Crippen molar-refractivity contribution in [2.45, 2.75) is 17.6 Å². The largest absolute Gasteiger partial charge is 0.433 e. The van der Waals surface area contributed by atoms with Crippen molar-refractivity contribution in [2.75, 3.05) is 10.7 Å². The van der Waals surface area contributed by atoms with E-state index in [4.69, 9.17) is 0 Å². The molecular formula is C18H16F3N5S. The van der Waals surface area contributed by atoms with Crippen LogP contribution in [0.5, 0.6) is 0 Å². The Kier molecular flexibility index (Phi) is 6.15. The molecule has 0 fully saturated rings. The Labute approximate surface area is 158 Å². The molecule has 9 heteroatoms. The summed E-state index contributed by atoms with van der Waals surface area (Å²) in [6.07, 6.45) is -3.40. The van der Waals surface area contributed by atoms with E-state index in [1.54, 1.807) is 0 Å². The van der Waals surface area contributed by atoms with E-state index >= 15 is 0 Å². The van der Waals surface area contributed by atoms with Crippen LogP contribution in [0, 0.1) is 0 Å². The van der Waals surface area contributed by atoms with Gasteiger partial charge in [0.15, 0.2) is 0 Å². The first kappa shape index (κ1) is 19.0. The lowest BCUT2D eigenvalue weighted by Gasteiger charge is -2.10. The first-order valence-corrected chi connectivity index (χ1v) is 8.78. The second-order valence-corrected chi connectivity index (χ2v) is 6.34.